The molecule has 0 amide bonds. The van der Waals surface area contributed by atoms with Crippen molar-refractivity contribution in [3.63, 3.8) is 0 Å². The molecule has 8 aromatic carbocycles. The zero-order valence-corrected chi connectivity index (χ0v) is 42.9. The second kappa shape index (κ2) is 22.5. The summed E-state index contributed by atoms with van der Waals surface area (Å²) in [4.78, 5) is 13.3. The van der Waals surface area contributed by atoms with Crippen LogP contribution >= 0.6 is 0 Å². The number of benzene rings is 8. The Kier molecular flexibility index (Phi) is 17.1. The molecule has 28 heteroatoms. The summed E-state index contributed by atoms with van der Waals surface area (Å²) in [5.74, 6) is 2.71. The van der Waals surface area contributed by atoms with E-state index in [2.05, 4.69) is 17.2 Å². The third kappa shape index (κ3) is 14.6. The van der Waals surface area contributed by atoms with E-state index in [1.165, 1.54) is 0 Å². The Morgan fingerprint density at radius 1 is 0.365 bits per heavy atom. The minimum Gasteiger partial charge on any atom is -0.289 e. The predicted molar refractivity (Wildman–Crippen MR) is 268 cm³/mol. The first-order valence-electron chi connectivity index (χ1n) is 23.6. The number of hydrogen-bond acceptors (Lipinski definition) is 2. The summed E-state index contributed by atoms with van der Waals surface area (Å²) in [6, 6.07) is 18.3. The smallest absolute Gasteiger partial charge is 0.289 e. The standard InChI is InChI=1S/C32H12BF24.C25H19O2S/c34-25(35,36)13-1-14(26(37,38)39)6-21(5-13)33(22-7-15(27(40,41)42)2-16(8-22)28(43,44)45,23-9-17(29(46,47)48)3-18(10-23)30(49,50)51)24-11-19(31(52,53)54)4-20(12-24)32(55,56)57;1-28(27,16-15-19-9-3-2-4-10-19)18-24(26)25-22-13-7-5-11-20(22)17-21-12-6-8-14-23(21)25/h1-12H;2-14,17H,18H2,1H3/q-1;+1. The zero-order valence-electron chi connectivity index (χ0n) is 42.1. The Hall–Kier alpha value is -7.96. The number of Topliss-reactive ketones (excluding diaryl/α,β-unsaturated/α-hetero) is 1. The first kappa shape index (κ1) is 64.6. The molecule has 448 valence electrons. The number of carbonyl (C=O) groups is 1. The second-order valence-corrected chi connectivity index (χ2v) is 21.6. The average Bonchev–Trinajstić information content (AvgIpc) is 0.753. The van der Waals surface area contributed by atoms with Crippen molar-refractivity contribution in [3.05, 3.63) is 213 Å². The minimum atomic E-state index is -6.13. The molecule has 0 saturated carbocycles. The van der Waals surface area contributed by atoms with Gasteiger partial charge in [0, 0.05) is 11.1 Å². The van der Waals surface area contributed by atoms with E-state index in [1.54, 1.807) is 6.26 Å². The van der Waals surface area contributed by atoms with Crippen LogP contribution in [0, 0.1) is 11.2 Å². The fourth-order valence-electron chi connectivity index (χ4n) is 9.43. The van der Waals surface area contributed by atoms with Gasteiger partial charge in [0.05, 0.1) is 44.5 Å². The molecule has 0 aromatic heterocycles. The van der Waals surface area contributed by atoms with Gasteiger partial charge in [-0.2, -0.15) is 127 Å². The first-order chi connectivity index (χ1) is 38.8. The molecule has 2 nitrogen and oxygen atoms in total. The maximum Gasteiger partial charge on any atom is 0.416 e. The summed E-state index contributed by atoms with van der Waals surface area (Å²) < 4.78 is 354. The van der Waals surface area contributed by atoms with Crippen LogP contribution in [-0.4, -0.2) is 23.9 Å². The zero-order chi connectivity index (χ0) is 63.5. The Labute approximate surface area is 464 Å². The highest BCUT2D eigenvalue weighted by Crippen LogP contribution is 2.42. The van der Waals surface area contributed by atoms with E-state index < -0.39 is 205 Å². The molecule has 1 unspecified atom stereocenters. The number of rotatable bonds is 7. The number of ketones is 1. The monoisotopic (exact) mass is 1250 g/mol. The molecule has 0 aliphatic carbocycles. The van der Waals surface area contributed by atoms with Crippen LogP contribution in [0.3, 0.4) is 0 Å². The van der Waals surface area contributed by atoms with E-state index in [1.807, 2.05) is 78.9 Å². The van der Waals surface area contributed by atoms with Crippen molar-refractivity contribution in [1.29, 1.82) is 0 Å². The molecule has 0 fully saturated rings. The minimum absolute atomic E-state index is 0.0924. The topological polar surface area (TPSA) is 34.1 Å². The van der Waals surface area contributed by atoms with E-state index in [0.717, 1.165) is 27.1 Å². The third-order valence-electron chi connectivity index (χ3n) is 13.1. The highest BCUT2D eigenvalue weighted by Gasteiger charge is 2.47. The fourth-order valence-corrected chi connectivity index (χ4v) is 10.5. The summed E-state index contributed by atoms with van der Waals surface area (Å²) in [6.07, 6.45) is -53.2. The fraction of sp³-hybridized carbons (Fsp3) is 0.175. The van der Waals surface area contributed by atoms with Gasteiger partial charge in [-0.25, -0.2) is 0 Å². The van der Waals surface area contributed by atoms with Gasteiger partial charge in [-0.15, -0.1) is 0 Å². The summed E-state index contributed by atoms with van der Waals surface area (Å²) in [7, 11) is -2.63. The molecule has 8 aromatic rings. The number of hydrogen-bond donors (Lipinski definition) is 0. The Morgan fingerprint density at radius 3 is 0.871 bits per heavy atom. The largest absolute Gasteiger partial charge is 0.416 e. The molecule has 0 aliphatic heterocycles. The van der Waals surface area contributed by atoms with Crippen molar-refractivity contribution >= 4 is 65.3 Å². The molecule has 85 heavy (non-hydrogen) atoms. The van der Waals surface area contributed by atoms with Crippen LogP contribution in [0.4, 0.5) is 105 Å². The summed E-state index contributed by atoms with van der Waals surface area (Å²) in [6.45, 7) is 0. The van der Waals surface area contributed by atoms with Crippen molar-refractivity contribution in [2.45, 2.75) is 49.4 Å². The molecule has 0 saturated heterocycles. The van der Waals surface area contributed by atoms with Crippen molar-refractivity contribution in [3.8, 4) is 11.2 Å². The van der Waals surface area contributed by atoms with Crippen LogP contribution in [0.5, 0.6) is 0 Å². The molecule has 0 aliphatic rings. The van der Waals surface area contributed by atoms with Gasteiger partial charge in [-0.1, -0.05) is 119 Å². The first-order valence-corrected chi connectivity index (χ1v) is 25.8. The predicted octanol–water partition coefficient (Wildman–Crippen LogP) is 16.5. The third-order valence-corrected chi connectivity index (χ3v) is 14.4. The van der Waals surface area contributed by atoms with Crippen LogP contribution < -0.4 is 21.9 Å². The normalized spacial score (nSPS) is 13.8. The summed E-state index contributed by atoms with van der Waals surface area (Å²) in [5, 5.41) is 6.61. The number of fused-ring (bicyclic) bond motifs is 2. The quantitative estimate of drug-likeness (QED) is 0.0398. The van der Waals surface area contributed by atoms with Gasteiger partial charge < -0.3 is 0 Å². The maximum absolute atomic E-state index is 14.2. The lowest BCUT2D eigenvalue weighted by Gasteiger charge is -2.46. The average molecular weight is 1250 g/mol. The highest BCUT2D eigenvalue weighted by atomic mass is 32.2. The second-order valence-electron chi connectivity index (χ2n) is 19.1. The molecule has 1 atom stereocenters. The molecule has 0 heterocycles. The number of alkyl halides is 24. The van der Waals surface area contributed by atoms with Crippen molar-refractivity contribution < 1.29 is 114 Å². The van der Waals surface area contributed by atoms with Crippen molar-refractivity contribution in [1.82, 2.24) is 0 Å². The lowest BCUT2D eigenvalue weighted by atomic mass is 9.12. The van der Waals surface area contributed by atoms with Gasteiger partial charge >= 0.3 is 49.4 Å². The summed E-state index contributed by atoms with van der Waals surface area (Å²) >= 11 is 0. The van der Waals surface area contributed by atoms with Crippen LogP contribution in [0.15, 0.2) is 158 Å². The van der Waals surface area contributed by atoms with Gasteiger partial charge in [0.2, 0.25) is 5.78 Å². The van der Waals surface area contributed by atoms with E-state index in [9.17, 15) is 114 Å². The molecule has 8 rings (SSSR count). The Balaban J connectivity index is 0.000000306. The SMILES string of the molecule is C[S+](=O)(C#Cc1ccccc1)CC(=O)c1c2ccccc2cc2ccccc12.FC(F)(F)c1cc([B-](c2cc(C(F)(F)F)cc(C(F)(F)F)c2)(c2cc(C(F)(F)F)cc(C(F)(F)F)c2)c2cc(C(F)(F)F)cc(C(F)(F)F)c2)cc(C(F)(F)F)c1. The molecular weight excluding hydrogens is 1220 g/mol. The van der Waals surface area contributed by atoms with Gasteiger partial charge in [0.25, 0.3) is 0 Å². The van der Waals surface area contributed by atoms with Crippen molar-refractivity contribution in [2.75, 3.05) is 12.0 Å². The van der Waals surface area contributed by atoms with E-state index >= 15 is 0 Å². The van der Waals surface area contributed by atoms with E-state index in [0.29, 0.717) is 5.56 Å². The van der Waals surface area contributed by atoms with Gasteiger partial charge in [0.1, 0.15) is 12.4 Å². The number of carbonyl (C=O) groups excluding carboxylic acids is 1. The maximum atomic E-state index is 14.2. The molecule has 0 bridgehead atoms. The van der Waals surface area contributed by atoms with E-state index in [4.69, 9.17) is 0 Å². The van der Waals surface area contributed by atoms with Gasteiger partial charge in [-0.05, 0) is 69.9 Å². The van der Waals surface area contributed by atoms with Crippen LogP contribution in [0.1, 0.15) is 60.4 Å². The molecule has 0 N–H and O–H groups in total. The molecular formula is C57H31BF24O2S. The Morgan fingerprint density at radius 2 is 0.612 bits per heavy atom. The van der Waals surface area contributed by atoms with Crippen LogP contribution in [0.25, 0.3) is 21.5 Å². The van der Waals surface area contributed by atoms with Gasteiger partial charge in [0.15, 0.2) is 20.9 Å². The van der Waals surface area contributed by atoms with Crippen LogP contribution in [0.2, 0.25) is 0 Å². The highest BCUT2D eigenvalue weighted by molar-refractivity contribution is 8.07. The lowest BCUT2D eigenvalue weighted by Crippen LogP contribution is -2.75. The van der Waals surface area contributed by atoms with Crippen molar-refractivity contribution in [2.24, 2.45) is 0 Å². The van der Waals surface area contributed by atoms with E-state index in [-0.39, 0.29) is 11.5 Å². The number of halogens is 24. The van der Waals surface area contributed by atoms with Crippen LogP contribution in [-0.2, 0) is 63.6 Å². The summed E-state index contributed by atoms with van der Waals surface area (Å²) in [5.41, 5.74) is -28.8. The molecule has 0 spiro atoms. The lowest BCUT2D eigenvalue weighted by molar-refractivity contribution is -0.144. The Bertz CT molecular complexity index is 3460. The molecule has 0 radical (unpaired) electrons. The van der Waals surface area contributed by atoms with Gasteiger partial charge in [-0.3, -0.25) is 4.79 Å².